The van der Waals surface area contributed by atoms with Gasteiger partial charge < -0.3 is 20.6 Å². The van der Waals surface area contributed by atoms with E-state index in [0.29, 0.717) is 19.3 Å². The second-order valence-electron chi connectivity index (χ2n) is 8.79. The zero-order valence-electron chi connectivity index (χ0n) is 20.2. The van der Waals surface area contributed by atoms with Crippen molar-refractivity contribution >= 4 is 33.7 Å². The number of carboxylic acid groups (broad SMARTS) is 1. The average Bonchev–Trinajstić information content (AvgIpc) is 2.84. The maximum Gasteiger partial charge on any atom is 0.322 e. The standard InChI is InChI=1S/C23H34N4O7S/c1-4-16(3)21(26-35(33,34)18-7-5-15(2)6-8-18)23(32)27-11-9-17(10-12-27)22(31)25-13-19(28)24-14-20(29)30/h5-8,16-17,21,26H,4,9-14H2,1-3H3,(H,24,28)(H,25,31)(H,29,30)/t16-,21+/m1/s1. The molecule has 0 saturated carbocycles. The van der Waals surface area contributed by atoms with Crippen LogP contribution in [0.1, 0.15) is 38.7 Å². The SMILES string of the molecule is CC[C@@H](C)[C@H](NS(=O)(=O)c1ccc(C)cc1)C(=O)N1CCC(C(=O)NCC(=O)NCC(=O)O)CC1. The zero-order chi connectivity index (χ0) is 26.2. The first-order valence-electron chi connectivity index (χ1n) is 11.6. The highest BCUT2D eigenvalue weighted by Crippen LogP contribution is 2.21. The summed E-state index contributed by atoms with van der Waals surface area (Å²) < 4.78 is 28.4. The van der Waals surface area contributed by atoms with Gasteiger partial charge in [0.05, 0.1) is 11.4 Å². The summed E-state index contributed by atoms with van der Waals surface area (Å²) in [6, 6.07) is 5.46. The van der Waals surface area contributed by atoms with Gasteiger partial charge in [0.2, 0.25) is 27.7 Å². The molecule has 1 aliphatic rings. The van der Waals surface area contributed by atoms with E-state index in [-0.39, 0.29) is 42.3 Å². The molecule has 1 heterocycles. The largest absolute Gasteiger partial charge is 0.480 e. The zero-order valence-corrected chi connectivity index (χ0v) is 21.1. The molecule has 2 atom stereocenters. The van der Waals surface area contributed by atoms with Crippen molar-refractivity contribution in [3.05, 3.63) is 29.8 Å². The van der Waals surface area contributed by atoms with Crippen LogP contribution in [0, 0.1) is 18.8 Å². The number of hydrogen-bond acceptors (Lipinski definition) is 6. The van der Waals surface area contributed by atoms with Crippen LogP contribution in [0.25, 0.3) is 0 Å². The van der Waals surface area contributed by atoms with Gasteiger partial charge in [0.15, 0.2) is 0 Å². The highest BCUT2D eigenvalue weighted by atomic mass is 32.2. The van der Waals surface area contributed by atoms with E-state index in [0.717, 1.165) is 5.56 Å². The number of aryl methyl sites for hydroxylation is 1. The van der Waals surface area contributed by atoms with E-state index in [9.17, 15) is 27.6 Å². The number of hydrogen-bond donors (Lipinski definition) is 4. The van der Waals surface area contributed by atoms with Crippen molar-refractivity contribution in [2.45, 2.75) is 51.0 Å². The number of aliphatic carboxylic acids is 1. The molecule has 1 aromatic rings. The molecule has 1 fully saturated rings. The van der Waals surface area contributed by atoms with Gasteiger partial charge >= 0.3 is 5.97 Å². The first-order valence-corrected chi connectivity index (χ1v) is 13.1. The molecule has 12 heteroatoms. The van der Waals surface area contributed by atoms with E-state index in [4.69, 9.17) is 5.11 Å². The fourth-order valence-electron chi connectivity index (χ4n) is 3.71. The lowest BCUT2D eigenvalue weighted by Gasteiger charge is -2.35. The monoisotopic (exact) mass is 510 g/mol. The molecule has 35 heavy (non-hydrogen) atoms. The summed E-state index contributed by atoms with van der Waals surface area (Å²) in [7, 11) is -3.90. The molecule has 0 aromatic heterocycles. The smallest absolute Gasteiger partial charge is 0.322 e. The number of sulfonamides is 1. The number of amides is 3. The topological polar surface area (TPSA) is 162 Å². The Kier molecular flexibility index (Phi) is 10.2. The molecule has 0 unspecified atom stereocenters. The fraction of sp³-hybridized carbons (Fsp3) is 0.565. The lowest BCUT2D eigenvalue weighted by molar-refractivity contribution is -0.139. The van der Waals surface area contributed by atoms with Gasteiger partial charge in [0, 0.05) is 19.0 Å². The molecular weight excluding hydrogens is 476 g/mol. The molecule has 1 saturated heterocycles. The minimum atomic E-state index is -3.90. The highest BCUT2D eigenvalue weighted by Gasteiger charge is 2.35. The second-order valence-corrected chi connectivity index (χ2v) is 10.5. The van der Waals surface area contributed by atoms with Gasteiger partial charge in [-0.05, 0) is 37.8 Å². The third kappa shape index (κ3) is 8.32. The lowest BCUT2D eigenvalue weighted by atomic mass is 9.93. The Morgan fingerprint density at radius 1 is 1.06 bits per heavy atom. The van der Waals surface area contributed by atoms with Crippen LogP contribution in [0.2, 0.25) is 0 Å². The maximum absolute atomic E-state index is 13.3. The summed E-state index contributed by atoms with van der Waals surface area (Å²) in [5.74, 6) is -3.11. The molecule has 0 spiro atoms. The van der Waals surface area contributed by atoms with Crippen LogP contribution in [0.15, 0.2) is 29.2 Å². The molecule has 1 aromatic carbocycles. The van der Waals surface area contributed by atoms with Gasteiger partial charge in [-0.2, -0.15) is 4.72 Å². The summed E-state index contributed by atoms with van der Waals surface area (Å²) in [5, 5.41) is 13.2. The van der Waals surface area contributed by atoms with Crippen molar-refractivity contribution in [2.75, 3.05) is 26.2 Å². The Hall–Kier alpha value is -2.99. The summed E-state index contributed by atoms with van der Waals surface area (Å²) in [4.78, 5) is 49.4. The van der Waals surface area contributed by atoms with Crippen LogP contribution in [0.4, 0.5) is 0 Å². The molecule has 0 bridgehead atoms. The van der Waals surface area contributed by atoms with Crippen LogP contribution in [-0.2, 0) is 29.2 Å². The second kappa shape index (κ2) is 12.6. The van der Waals surface area contributed by atoms with Crippen molar-refractivity contribution in [3.63, 3.8) is 0 Å². The normalized spacial score (nSPS) is 16.3. The Labute approximate surface area is 205 Å². The summed E-state index contributed by atoms with van der Waals surface area (Å²) in [6.07, 6.45) is 1.33. The van der Waals surface area contributed by atoms with Crippen molar-refractivity contribution in [1.29, 1.82) is 0 Å². The molecule has 1 aliphatic heterocycles. The van der Waals surface area contributed by atoms with Gasteiger partial charge in [-0.15, -0.1) is 0 Å². The molecule has 3 amide bonds. The fourth-order valence-corrected chi connectivity index (χ4v) is 5.00. The third-order valence-corrected chi connectivity index (χ3v) is 7.59. The Balaban J connectivity index is 1.96. The number of piperidine rings is 1. The van der Waals surface area contributed by atoms with E-state index in [1.807, 2.05) is 20.8 Å². The summed E-state index contributed by atoms with van der Waals surface area (Å²) >= 11 is 0. The lowest BCUT2D eigenvalue weighted by Crippen LogP contribution is -2.54. The van der Waals surface area contributed by atoms with E-state index >= 15 is 0 Å². The van der Waals surface area contributed by atoms with Gasteiger partial charge in [0.25, 0.3) is 0 Å². The maximum atomic E-state index is 13.3. The van der Waals surface area contributed by atoms with E-state index in [1.165, 1.54) is 12.1 Å². The van der Waals surface area contributed by atoms with Crippen LogP contribution in [0.5, 0.6) is 0 Å². The highest BCUT2D eigenvalue weighted by molar-refractivity contribution is 7.89. The van der Waals surface area contributed by atoms with Crippen LogP contribution >= 0.6 is 0 Å². The van der Waals surface area contributed by atoms with Crippen molar-refractivity contribution < 1.29 is 32.7 Å². The van der Waals surface area contributed by atoms with Crippen molar-refractivity contribution in [3.8, 4) is 0 Å². The average molecular weight is 511 g/mol. The molecular formula is C23H34N4O7S. The number of nitrogens with one attached hydrogen (secondary N) is 3. The molecule has 2 rings (SSSR count). The van der Waals surface area contributed by atoms with Gasteiger partial charge in [-0.3, -0.25) is 19.2 Å². The van der Waals surface area contributed by atoms with Gasteiger partial charge in [-0.1, -0.05) is 38.0 Å². The number of rotatable bonds is 11. The number of likely N-dealkylation sites (tertiary alicyclic amines) is 1. The number of benzene rings is 1. The molecule has 194 valence electrons. The first-order chi connectivity index (χ1) is 16.4. The quantitative estimate of drug-likeness (QED) is 0.331. The predicted molar refractivity (Wildman–Crippen MR) is 128 cm³/mol. The minimum absolute atomic E-state index is 0.0898. The van der Waals surface area contributed by atoms with Gasteiger partial charge in [-0.25, -0.2) is 8.42 Å². The molecule has 4 N–H and O–H groups in total. The van der Waals surface area contributed by atoms with E-state index in [1.54, 1.807) is 17.0 Å². The third-order valence-electron chi connectivity index (χ3n) is 6.13. The van der Waals surface area contributed by atoms with E-state index in [2.05, 4.69) is 15.4 Å². The molecule has 0 radical (unpaired) electrons. The van der Waals surface area contributed by atoms with Crippen LogP contribution in [-0.4, -0.2) is 74.3 Å². The molecule has 0 aliphatic carbocycles. The van der Waals surface area contributed by atoms with Crippen molar-refractivity contribution in [1.82, 2.24) is 20.3 Å². The van der Waals surface area contributed by atoms with Crippen LogP contribution in [0.3, 0.4) is 0 Å². The minimum Gasteiger partial charge on any atom is -0.480 e. The number of carbonyl (C=O) groups excluding carboxylic acids is 3. The van der Waals surface area contributed by atoms with Crippen LogP contribution < -0.4 is 15.4 Å². The van der Waals surface area contributed by atoms with E-state index < -0.39 is 40.4 Å². The van der Waals surface area contributed by atoms with Gasteiger partial charge in [0.1, 0.15) is 12.6 Å². The molecule has 11 nitrogen and oxygen atoms in total. The summed E-state index contributed by atoms with van der Waals surface area (Å²) in [6.45, 7) is 5.25. The number of carboxylic acids is 1. The Morgan fingerprint density at radius 3 is 2.20 bits per heavy atom. The Bertz CT molecular complexity index is 1020. The number of carbonyl (C=O) groups is 4. The Morgan fingerprint density at radius 2 is 1.66 bits per heavy atom. The summed E-state index contributed by atoms with van der Waals surface area (Å²) in [5.41, 5.74) is 0.923. The predicted octanol–water partition coefficient (Wildman–Crippen LogP) is 0.244. The van der Waals surface area contributed by atoms with Crippen molar-refractivity contribution in [2.24, 2.45) is 11.8 Å². The first kappa shape index (κ1) is 28.2. The number of nitrogens with zero attached hydrogens (tertiary/aromatic N) is 1.